The number of rotatable bonds is 9. The van der Waals surface area contributed by atoms with Crippen molar-refractivity contribution in [3.05, 3.63) is 22.3 Å². The van der Waals surface area contributed by atoms with Crippen molar-refractivity contribution in [1.82, 2.24) is 0 Å². The third-order valence-corrected chi connectivity index (χ3v) is 5.77. The molecule has 0 aliphatic carbocycles. The summed E-state index contributed by atoms with van der Waals surface area (Å²) in [6.45, 7) is 2.86. The fourth-order valence-electron chi connectivity index (χ4n) is 1.96. The molecular formula is C15H19I3O3. The Morgan fingerprint density at radius 2 is 1.71 bits per heavy atom. The third kappa shape index (κ3) is 6.36. The molecule has 0 heterocycles. The molecule has 3 nitrogen and oxygen atoms in total. The topological polar surface area (TPSA) is 46.5 Å². The minimum atomic E-state index is -0.899. The van der Waals surface area contributed by atoms with Crippen LogP contribution in [0.2, 0.25) is 0 Å². The van der Waals surface area contributed by atoms with Crippen LogP contribution in [-0.4, -0.2) is 17.7 Å². The minimum Gasteiger partial charge on any atom is -0.491 e. The highest BCUT2D eigenvalue weighted by Crippen LogP contribution is 2.33. The Hall–Kier alpha value is 0.680. The van der Waals surface area contributed by atoms with Gasteiger partial charge in [-0.25, -0.2) is 4.79 Å². The van der Waals surface area contributed by atoms with E-state index in [2.05, 4.69) is 74.7 Å². The van der Waals surface area contributed by atoms with Crippen molar-refractivity contribution in [2.45, 2.75) is 45.4 Å². The molecule has 6 heteroatoms. The molecule has 118 valence electrons. The molecule has 0 bridgehead atoms. The SMILES string of the molecule is CCCCCCCCOc1c(I)cc(I)c(C(=O)O)c1I. The fourth-order valence-corrected chi connectivity index (χ4v) is 6.10. The second kappa shape index (κ2) is 10.5. The maximum absolute atomic E-state index is 11.3. The molecule has 1 aromatic rings. The van der Waals surface area contributed by atoms with Gasteiger partial charge < -0.3 is 9.84 Å². The van der Waals surface area contributed by atoms with E-state index in [-0.39, 0.29) is 0 Å². The number of ether oxygens (including phenoxy) is 1. The Morgan fingerprint density at radius 3 is 2.33 bits per heavy atom. The van der Waals surface area contributed by atoms with Gasteiger partial charge in [0.1, 0.15) is 5.75 Å². The van der Waals surface area contributed by atoms with Crippen molar-refractivity contribution in [1.29, 1.82) is 0 Å². The van der Waals surface area contributed by atoms with E-state index in [1.54, 1.807) is 0 Å². The van der Waals surface area contributed by atoms with Crippen molar-refractivity contribution >= 4 is 73.7 Å². The largest absolute Gasteiger partial charge is 0.491 e. The van der Waals surface area contributed by atoms with Gasteiger partial charge in [0, 0.05) is 3.57 Å². The number of halogens is 3. The molecule has 1 aromatic carbocycles. The summed E-state index contributed by atoms with van der Waals surface area (Å²) >= 11 is 6.34. The molecule has 0 unspecified atom stereocenters. The van der Waals surface area contributed by atoms with Crippen LogP contribution in [-0.2, 0) is 0 Å². The van der Waals surface area contributed by atoms with Crippen molar-refractivity contribution in [3.63, 3.8) is 0 Å². The van der Waals surface area contributed by atoms with Gasteiger partial charge in [-0.1, -0.05) is 39.0 Å². The highest BCUT2D eigenvalue weighted by Gasteiger charge is 2.20. The van der Waals surface area contributed by atoms with Crippen LogP contribution < -0.4 is 4.74 Å². The lowest BCUT2D eigenvalue weighted by molar-refractivity contribution is 0.0694. The first kappa shape index (κ1) is 19.7. The first-order valence-corrected chi connectivity index (χ1v) is 10.3. The zero-order chi connectivity index (χ0) is 15.8. The van der Waals surface area contributed by atoms with Crippen LogP contribution in [0.5, 0.6) is 5.75 Å². The average molecular weight is 628 g/mol. The number of aromatic carboxylic acids is 1. The molecule has 0 saturated heterocycles. The number of benzene rings is 1. The lowest BCUT2D eigenvalue weighted by Crippen LogP contribution is -2.08. The van der Waals surface area contributed by atoms with Gasteiger partial charge in [0.2, 0.25) is 0 Å². The van der Waals surface area contributed by atoms with E-state index in [4.69, 9.17) is 4.74 Å². The Kier molecular flexibility index (Phi) is 9.82. The van der Waals surface area contributed by atoms with E-state index in [9.17, 15) is 9.90 Å². The molecule has 0 saturated carbocycles. The quantitative estimate of drug-likeness (QED) is 0.273. The van der Waals surface area contributed by atoms with Gasteiger partial charge in [0.25, 0.3) is 0 Å². The molecule has 0 aromatic heterocycles. The van der Waals surface area contributed by atoms with E-state index in [1.165, 1.54) is 32.1 Å². The van der Waals surface area contributed by atoms with Crippen LogP contribution in [0, 0.1) is 10.7 Å². The number of hydrogen-bond acceptors (Lipinski definition) is 2. The summed E-state index contributed by atoms with van der Waals surface area (Å²) in [5, 5.41) is 9.29. The molecule has 1 N–H and O–H groups in total. The van der Waals surface area contributed by atoms with Crippen LogP contribution in [0.3, 0.4) is 0 Å². The van der Waals surface area contributed by atoms with Gasteiger partial charge in [0.15, 0.2) is 0 Å². The summed E-state index contributed by atoms with van der Waals surface area (Å²) in [6, 6.07) is 1.86. The first-order valence-electron chi connectivity index (χ1n) is 7.02. The highest BCUT2D eigenvalue weighted by atomic mass is 127. The predicted molar refractivity (Wildman–Crippen MR) is 110 cm³/mol. The summed E-state index contributed by atoms with van der Waals surface area (Å²) in [4.78, 5) is 11.3. The first-order chi connectivity index (χ1) is 9.99. The zero-order valence-electron chi connectivity index (χ0n) is 11.9. The number of carbonyl (C=O) groups is 1. The summed E-state index contributed by atoms with van der Waals surface area (Å²) in [5.74, 6) is -0.188. The second-order valence-electron chi connectivity index (χ2n) is 4.78. The molecule has 0 spiro atoms. The van der Waals surface area contributed by atoms with Gasteiger partial charge in [-0.15, -0.1) is 0 Å². The summed E-state index contributed by atoms with van der Waals surface area (Å²) < 4.78 is 8.26. The Bertz CT molecular complexity index is 490. The normalized spacial score (nSPS) is 10.7. The molecule has 0 amide bonds. The van der Waals surface area contributed by atoms with Crippen LogP contribution in [0.1, 0.15) is 55.8 Å². The zero-order valence-corrected chi connectivity index (χ0v) is 18.4. The molecule has 21 heavy (non-hydrogen) atoms. The number of carboxylic acids is 1. The number of unbranched alkanes of at least 4 members (excludes halogenated alkanes) is 5. The van der Waals surface area contributed by atoms with Crippen LogP contribution in [0.4, 0.5) is 0 Å². The molecule has 0 aliphatic rings. The van der Waals surface area contributed by atoms with Gasteiger partial charge in [-0.2, -0.15) is 0 Å². The van der Waals surface area contributed by atoms with Crippen molar-refractivity contribution in [3.8, 4) is 5.75 Å². The van der Waals surface area contributed by atoms with Crippen LogP contribution >= 0.6 is 67.8 Å². The Labute approximate surface area is 167 Å². The fraction of sp³-hybridized carbons (Fsp3) is 0.533. The van der Waals surface area contributed by atoms with Crippen molar-refractivity contribution in [2.24, 2.45) is 0 Å². The molecule has 0 fully saturated rings. The smallest absolute Gasteiger partial charge is 0.337 e. The van der Waals surface area contributed by atoms with Crippen molar-refractivity contribution in [2.75, 3.05) is 6.61 Å². The molecule has 0 aliphatic heterocycles. The predicted octanol–water partition coefficient (Wildman–Crippen LogP) is 5.94. The molecule has 0 radical (unpaired) electrons. The third-order valence-electron chi connectivity index (χ3n) is 3.09. The Morgan fingerprint density at radius 1 is 1.10 bits per heavy atom. The van der Waals surface area contributed by atoms with E-state index < -0.39 is 5.97 Å². The van der Waals surface area contributed by atoms with E-state index >= 15 is 0 Å². The summed E-state index contributed by atoms with van der Waals surface area (Å²) in [7, 11) is 0. The maximum Gasteiger partial charge on any atom is 0.337 e. The van der Waals surface area contributed by atoms with Gasteiger partial charge >= 0.3 is 5.97 Å². The maximum atomic E-state index is 11.3. The van der Waals surface area contributed by atoms with Gasteiger partial charge in [-0.3, -0.25) is 0 Å². The van der Waals surface area contributed by atoms with E-state index in [0.717, 1.165) is 13.6 Å². The van der Waals surface area contributed by atoms with Crippen molar-refractivity contribution < 1.29 is 14.6 Å². The Balaban J connectivity index is 2.59. The summed E-state index contributed by atoms with van der Waals surface area (Å²) in [5.41, 5.74) is 0.342. The molecular weight excluding hydrogens is 609 g/mol. The molecule has 0 atom stereocenters. The minimum absolute atomic E-state index is 0.342. The van der Waals surface area contributed by atoms with Crippen LogP contribution in [0.25, 0.3) is 0 Å². The van der Waals surface area contributed by atoms with E-state index in [0.29, 0.717) is 21.5 Å². The number of carboxylic acid groups (broad SMARTS) is 1. The van der Waals surface area contributed by atoms with Crippen LogP contribution in [0.15, 0.2) is 6.07 Å². The number of hydrogen-bond donors (Lipinski definition) is 1. The van der Waals surface area contributed by atoms with E-state index in [1.807, 2.05) is 6.07 Å². The standard InChI is InChI=1S/C15H19I3O3/c1-2-3-4-5-6-7-8-21-14-11(17)9-10(16)12(13(14)18)15(19)20/h9H,2-8H2,1H3,(H,19,20). The molecule has 1 rings (SSSR count). The average Bonchev–Trinajstić information content (AvgIpc) is 2.40. The second-order valence-corrected chi connectivity index (χ2v) is 8.18. The van der Waals surface area contributed by atoms with Gasteiger partial charge in [-0.05, 0) is 80.3 Å². The summed E-state index contributed by atoms with van der Waals surface area (Å²) in [6.07, 6.45) is 7.29. The lowest BCUT2D eigenvalue weighted by Gasteiger charge is -2.13. The monoisotopic (exact) mass is 628 g/mol. The highest BCUT2D eigenvalue weighted by molar-refractivity contribution is 14.1. The van der Waals surface area contributed by atoms with Gasteiger partial charge in [0.05, 0.1) is 19.3 Å². The lowest BCUT2D eigenvalue weighted by atomic mass is 10.1.